The van der Waals surface area contributed by atoms with E-state index in [-0.39, 0.29) is 47.7 Å². The SMILES string of the molecule is [2H]c1c([2H])c([2H])c(N2CN(c3cccc(Oc4ccc5c6ccccc6n(-c6cc(C(C)(C)C)ccn6)c5c4)c3)C3C4CCC(C4)C32)c([2H])c1[2H]. The number of pyridine rings is 1. The number of para-hydroxylation sites is 2. The first-order valence-electron chi connectivity index (χ1n) is 18.9. The van der Waals surface area contributed by atoms with E-state index in [0.29, 0.717) is 29.9 Å². The summed E-state index contributed by atoms with van der Waals surface area (Å²) in [5.41, 5.74) is 4.61. The smallest absolute Gasteiger partial charge is 0.137 e. The summed E-state index contributed by atoms with van der Waals surface area (Å²) < 4.78 is 51.2. The van der Waals surface area contributed by atoms with Crippen molar-refractivity contribution < 1.29 is 11.6 Å². The lowest BCUT2D eigenvalue weighted by Crippen LogP contribution is -2.42. The molecular formula is C41H40N4O. The molecule has 2 aromatic heterocycles. The highest BCUT2D eigenvalue weighted by atomic mass is 16.5. The highest BCUT2D eigenvalue weighted by Gasteiger charge is 2.56. The van der Waals surface area contributed by atoms with Crippen LogP contribution >= 0.6 is 0 Å². The molecule has 1 aliphatic heterocycles. The number of ether oxygens (including phenoxy) is 1. The summed E-state index contributed by atoms with van der Waals surface area (Å²) in [7, 11) is 0. The Morgan fingerprint density at radius 3 is 2.28 bits per heavy atom. The number of benzene rings is 4. The Bertz CT molecular complexity index is 2340. The fourth-order valence-corrected chi connectivity index (χ4v) is 8.45. The van der Waals surface area contributed by atoms with Crippen molar-refractivity contribution in [3.63, 3.8) is 0 Å². The van der Waals surface area contributed by atoms with Crippen molar-refractivity contribution in [1.29, 1.82) is 0 Å². The first-order chi connectivity index (χ1) is 24.5. The summed E-state index contributed by atoms with van der Waals surface area (Å²) in [6.45, 7) is 7.09. The molecule has 2 aliphatic carbocycles. The summed E-state index contributed by atoms with van der Waals surface area (Å²) in [5.74, 6) is 3.22. The lowest BCUT2D eigenvalue weighted by Gasteiger charge is -2.33. The topological polar surface area (TPSA) is 33.5 Å². The van der Waals surface area contributed by atoms with Gasteiger partial charge >= 0.3 is 0 Å². The van der Waals surface area contributed by atoms with Crippen molar-refractivity contribution in [3.05, 3.63) is 121 Å². The van der Waals surface area contributed by atoms with Crippen LogP contribution in [0.1, 0.15) is 52.5 Å². The molecule has 0 spiro atoms. The third-order valence-electron chi connectivity index (χ3n) is 10.5. The number of rotatable bonds is 5. The molecule has 3 heterocycles. The molecule has 46 heavy (non-hydrogen) atoms. The van der Waals surface area contributed by atoms with Gasteiger partial charge in [-0.05, 0) is 96.6 Å². The molecular weight excluding hydrogens is 564 g/mol. The molecule has 5 nitrogen and oxygen atoms in total. The van der Waals surface area contributed by atoms with Gasteiger partial charge in [0.1, 0.15) is 17.3 Å². The summed E-state index contributed by atoms with van der Waals surface area (Å²) in [4.78, 5) is 9.29. The molecule has 0 amide bonds. The first-order valence-corrected chi connectivity index (χ1v) is 16.4. The third-order valence-corrected chi connectivity index (χ3v) is 10.5. The van der Waals surface area contributed by atoms with Gasteiger partial charge < -0.3 is 14.5 Å². The molecule has 9 rings (SSSR count). The second-order valence-corrected chi connectivity index (χ2v) is 14.2. The van der Waals surface area contributed by atoms with Gasteiger partial charge in [-0.2, -0.15) is 0 Å². The molecule has 3 aliphatic rings. The van der Waals surface area contributed by atoms with Crippen molar-refractivity contribution in [1.82, 2.24) is 9.55 Å². The van der Waals surface area contributed by atoms with Gasteiger partial charge in [0.2, 0.25) is 0 Å². The lowest BCUT2D eigenvalue weighted by atomic mass is 9.88. The summed E-state index contributed by atoms with van der Waals surface area (Å²) in [5, 5.41) is 2.28. The van der Waals surface area contributed by atoms with Gasteiger partial charge in [0.25, 0.3) is 0 Å². The molecule has 3 fully saturated rings. The molecule has 5 heteroatoms. The second-order valence-electron chi connectivity index (χ2n) is 14.2. The first kappa shape index (κ1) is 22.7. The van der Waals surface area contributed by atoms with Crippen molar-refractivity contribution in [2.75, 3.05) is 16.5 Å². The summed E-state index contributed by atoms with van der Waals surface area (Å²) in [6.07, 6.45) is 5.24. The van der Waals surface area contributed by atoms with E-state index in [1.165, 1.54) is 5.56 Å². The molecule has 0 radical (unpaired) electrons. The van der Waals surface area contributed by atoms with Gasteiger partial charge in [0, 0.05) is 40.5 Å². The van der Waals surface area contributed by atoms with Crippen LogP contribution < -0.4 is 14.5 Å². The molecule has 2 saturated carbocycles. The Kier molecular flexibility index (Phi) is 5.12. The van der Waals surface area contributed by atoms with Crippen molar-refractivity contribution in [3.8, 4) is 17.3 Å². The maximum absolute atomic E-state index is 8.76. The predicted molar refractivity (Wildman–Crippen MR) is 188 cm³/mol. The van der Waals surface area contributed by atoms with Gasteiger partial charge in [0.05, 0.1) is 36.6 Å². The predicted octanol–water partition coefficient (Wildman–Crippen LogP) is 9.72. The average Bonchev–Trinajstić information content (AvgIpc) is 3.91. The zero-order valence-electron chi connectivity index (χ0n) is 31.4. The average molecular weight is 610 g/mol. The maximum atomic E-state index is 8.76. The summed E-state index contributed by atoms with van der Waals surface area (Å²) >= 11 is 0. The third kappa shape index (κ3) is 4.39. The van der Waals surface area contributed by atoms with Crippen LogP contribution in [0.15, 0.2) is 115 Å². The fraction of sp³-hybridized carbons (Fsp3) is 0.293. The van der Waals surface area contributed by atoms with E-state index in [1.54, 1.807) is 0 Å². The van der Waals surface area contributed by atoms with Crippen LogP contribution in [0.3, 0.4) is 0 Å². The molecule has 1 saturated heterocycles. The Morgan fingerprint density at radius 2 is 1.48 bits per heavy atom. The van der Waals surface area contributed by atoms with E-state index in [1.807, 2.05) is 24.4 Å². The highest BCUT2D eigenvalue weighted by molar-refractivity contribution is 6.09. The number of anilines is 2. The highest BCUT2D eigenvalue weighted by Crippen LogP contribution is 2.53. The van der Waals surface area contributed by atoms with Crippen molar-refractivity contribution in [2.45, 2.75) is 57.5 Å². The quantitative estimate of drug-likeness (QED) is 0.195. The van der Waals surface area contributed by atoms with Gasteiger partial charge in [-0.3, -0.25) is 4.57 Å². The molecule has 4 aromatic carbocycles. The molecule has 4 unspecified atom stereocenters. The van der Waals surface area contributed by atoms with E-state index < -0.39 is 0 Å². The van der Waals surface area contributed by atoms with E-state index in [4.69, 9.17) is 16.6 Å². The number of fused-ring (bicyclic) bond motifs is 8. The van der Waals surface area contributed by atoms with Crippen LogP contribution in [-0.2, 0) is 5.41 Å². The Hall–Kier alpha value is -4.77. The number of hydrogen-bond acceptors (Lipinski definition) is 4. The second kappa shape index (κ2) is 10.4. The Balaban J connectivity index is 1.08. The zero-order chi connectivity index (χ0) is 35.3. The standard InChI is InChI=1S/C41H40N4O/c1-41(2,3)29-20-21-42-38(23-29)45-36-15-8-7-14-34(36)35-19-18-33(25-37(35)45)46-32-13-9-12-31(24-32)44-26-43(30-10-5-4-6-11-30)39-27-16-17-28(22-27)40(39)44/h4-15,18-21,23-25,27-28,39-40H,16-17,22,26H2,1-3H3/i4D,5D,6D,10D,11D. The van der Waals surface area contributed by atoms with Crippen molar-refractivity contribution >= 4 is 33.2 Å². The van der Waals surface area contributed by atoms with Crippen LogP contribution in [-0.4, -0.2) is 28.3 Å². The minimum absolute atomic E-state index is 0.0190. The van der Waals surface area contributed by atoms with E-state index in [9.17, 15) is 0 Å². The zero-order valence-corrected chi connectivity index (χ0v) is 26.4. The van der Waals surface area contributed by atoms with E-state index in [0.717, 1.165) is 58.3 Å². The van der Waals surface area contributed by atoms with Crippen molar-refractivity contribution in [2.24, 2.45) is 11.8 Å². The normalized spacial score (nSPS) is 23.8. The van der Waals surface area contributed by atoms with Gasteiger partial charge in [-0.25, -0.2) is 4.98 Å². The minimum Gasteiger partial charge on any atom is -0.457 e. The lowest BCUT2D eigenvalue weighted by molar-refractivity contribution is 0.389. The number of hydrogen-bond donors (Lipinski definition) is 0. The van der Waals surface area contributed by atoms with Crippen LogP contribution in [0.2, 0.25) is 0 Å². The van der Waals surface area contributed by atoms with Crippen LogP contribution in [0, 0.1) is 11.8 Å². The van der Waals surface area contributed by atoms with E-state index in [2.05, 4.69) is 95.8 Å². The number of aromatic nitrogens is 2. The molecule has 2 bridgehead atoms. The fourth-order valence-electron chi connectivity index (χ4n) is 8.45. The molecule has 4 atom stereocenters. The molecule has 0 N–H and O–H groups in total. The van der Waals surface area contributed by atoms with Crippen LogP contribution in [0.5, 0.6) is 11.5 Å². The molecule has 6 aromatic rings. The Morgan fingerprint density at radius 1 is 0.739 bits per heavy atom. The van der Waals surface area contributed by atoms with Crippen LogP contribution in [0.25, 0.3) is 27.6 Å². The number of nitrogens with zero attached hydrogens (tertiary/aromatic N) is 4. The minimum atomic E-state index is -0.354. The van der Waals surface area contributed by atoms with Gasteiger partial charge in [0.15, 0.2) is 0 Å². The summed E-state index contributed by atoms with van der Waals surface area (Å²) in [6, 6.07) is 26.2. The van der Waals surface area contributed by atoms with Gasteiger partial charge in [-0.15, -0.1) is 0 Å². The largest absolute Gasteiger partial charge is 0.457 e. The van der Waals surface area contributed by atoms with Gasteiger partial charge in [-0.1, -0.05) is 63.2 Å². The monoisotopic (exact) mass is 609 g/mol. The van der Waals surface area contributed by atoms with Crippen LogP contribution in [0.4, 0.5) is 11.4 Å². The molecule has 230 valence electrons. The van der Waals surface area contributed by atoms with E-state index >= 15 is 0 Å². The maximum Gasteiger partial charge on any atom is 0.137 e. The Labute approximate surface area is 278 Å².